The zero-order chi connectivity index (χ0) is 28.6. The Balaban J connectivity index is 2.07. The predicted octanol–water partition coefficient (Wildman–Crippen LogP) is 3.59. The highest BCUT2D eigenvalue weighted by molar-refractivity contribution is 7.92. The van der Waals surface area contributed by atoms with E-state index in [1.807, 2.05) is 0 Å². The number of rotatable bonds is 12. The Morgan fingerprint density at radius 2 is 1.59 bits per heavy atom. The summed E-state index contributed by atoms with van der Waals surface area (Å²) in [4.78, 5) is 27.8. The van der Waals surface area contributed by atoms with Crippen molar-refractivity contribution in [3.05, 3.63) is 84.2 Å². The number of sulfonamides is 1. The highest BCUT2D eigenvalue weighted by atomic mass is 32.2. The molecular weight excluding hydrogens is 525 g/mol. The molecule has 0 aliphatic heterocycles. The molecule has 2 amide bonds. The minimum atomic E-state index is -4.22. The van der Waals surface area contributed by atoms with Crippen molar-refractivity contribution < 1.29 is 31.9 Å². The lowest BCUT2D eigenvalue weighted by Gasteiger charge is -2.32. The van der Waals surface area contributed by atoms with Crippen LogP contribution in [-0.2, 0) is 26.2 Å². The van der Waals surface area contributed by atoms with E-state index in [-0.39, 0.29) is 22.9 Å². The van der Waals surface area contributed by atoms with Gasteiger partial charge in [0.2, 0.25) is 11.8 Å². The second kappa shape index (κ2) is 13.1. The van der Waals surface area contributed by atoms with Crippen LogP contribution in [0.15, 0.2) is 77.7 Å². The maximum Gasteiger partial charge on any atom is 0.264 e. The van der Waals surface area contributed by atoms with Gasteiger partial charge >= 0.3 is 0 Å². The Labute approximate surface area is 228 Å². The number of amides is 2. The Morgan fingerprint density at radius 1 is 0.949 bits per heavy atom. The van der Waals surface area contributed by atoms with Gasteiger partial charge in [0, 0.05) is 19.2 Å². The fourth-order valence-electron chi connectivity index (χ4n) is 3.92. The number of halogens is 1. The van der Waals surface area contributed by atoms with Crippen LogP contribution in [0.4, 0.5) is 10.1 Å². The first-order valence-electron chi connectivity index (χ1n) is 12.2. The van der Waals surface area contributed by atoms with Gasteiger partial charge < -0.3 is 19.7 Å². The van der Waals surface area contributed by atoms with Crippen molar-refractivity contribution in [1.82, 2.24) is 10.2 Å². The van der Waals surface area contributed by atoms with Crippen molar-refractivity contribution in [1.29, 1.82) is 0 Å². The van der Waals surface area contributed by atoms with Gasteiger partial charge in [0.1, 0.15) is 18.4 Å². The molecule has 1 N–H and O–H groups in total. The first-order chi connectivity index (χ1) is 18.6. The standard InChI is InChI=1S/C28H32FN3O6S/c1-5-30-28(34)20(2)31(18-21-11-13-22(29)14-12-21)27(33)19-32(39(35,36)24-9-7-6-8-10-24)23-15-16-25(37-3)26(17-23)38-4/h6-17,20H,5,18-19H2,1-4H3,(H,30,34). The topological polar surface area (TPSA) is 105 Å². The summed E-state index contributed by atoms with van der Waals surface area (Å²) in [6.45, 7) is 3.00. The van der Waals surface area contributed by atoms with Gasteiger partial charge in [-0.3, -0.25) is 13.9 Å². The minimum Gasteiger partial charge on any atom is -0.493 e. The average Bonchev–Trinajstić information content (AvgIpc) is 2.95. The monoisotopic (exact) mass is 557 g/mol. The van der Waals surface area contributed by atoms with Crippen LogP contribution in [0, 0.1) is 5.82 Å². The highest BCUT2D eigenvalue weighted by Gasteiger charge is 2.32. The second-order valence-corrected chi connectivity index (χ2v) is 10.4. The van der Waals surface area contributed by atoms with Gasteiger partial charge in [-0.15, -0.1) is 0 Å². The van der Waals surface area contributed by atoms with Crippen molar-refractivity contribution in [2.75, 3.05) is 31.6 Å². The second-order valence-electron chi connectivity index (χ2n) is 8.58. The van der Waals surface area contributed by atoms with Crippen molar-refractivity contribution >= 4 is 27.5 Å². The van der Waals surface area contributed by atoms with Gasteiger partial charge in [0.05, 0.1) is 24.8 Å². The fraction of sp³-hybridized carbons (Fsp3) is 0.286. The molecule has 0 aromatic heterocycles. The van der Waals surface area contributed by atoms with Crippen LogP contribution in [-0.4, -0.2) is 58.5 Å². The van der Waals surface area contributed by atoms with E-state index in [1.54, 1.807) is 38.1 Å². The number of nitrogens with one attached hydrogen (secondary N) is 1. The number of hydrogen-bond acceptors (Lipinski definition) is 6. The summed E-state index contributed by atoms with van der Waals surface area (Å²) in [6, 6.07) is 16.8. The van der Waals surface area contributed by atoms with E-state index in [4.69, 9.17) is 9.47 Å². The van der Waals surface area contributed by atoms with Crippen LogP contribution >= 0.6 is 0 Å². The largest absolute Gasteiger partial charge is 0.493 e. The van der Waals surface area contributed by atoms with Gasteiger partial charge in [-0.05, 0) is 55.8 Å². The zero-order valence-corrected chi connectivity index (χ0v) is 23.1. The van der Waals surface area contributed by atoms with E-state index in [9.17, 15) is 22.4 Å². The first-order valence-corrected chi connectivity index (χ1v) is 13.7. The van der Waals surface area contributed by atoms with Crippen LogP contribution in [0.2, 0.25) is 0 Å². The number of benzene rings is 3. The third-order valence-corrected chi connectivity index (χ3v) is 7.84. The SMILES string of the molecule is CCNC(=O)C(C)N(Cc1ccc(F)cc1)C(=O)CN(c1ccc(OC)c(OC)c1)S(=O)(=O)c1ccccc1. The Morgan fingerprint density at radius 3 is 2.18 bits per heavy atom. The summed E-state index contributed by atoms with van der Waals surface area (Å²) in [5, 5.41) is 2.69. The number of nitrogens with zero attached hydrogens (tertiary/aromatic N) is 2. The lowest BCUT2D eigenvalue weighted by atomic mass is 10.1. The maximum atomic E-state index is 13.8. The molecule has 0 bridgehead atoms. The summed E-state index contributed by atoms with van der Waals surface area (Å²) in [7, 11) is -1.35. The van der Waals surface area contributed by atoms with Crippen molar-refractivity contribution in [2.45, 2.75) is 31.3 Å². The third-order valence-electron chi connectivity index (χ3n) is 6.05. The summed E-state index contributed by atoms with van der Waals surface area (Å²) < 4.78 is 52.7. The Hall–Kier alpha value is -4.12. The fourth-order valence-corrected chi connectivity index (χ4v) is 5.35. The van der Waals surface area contributed by atoms with Crippen LogP contribution in [0.25, 0.3) is 0 Å². The molecule has 0 saturated carbocycles. The number of anilines is 1. The number of hydrogen-bond donors (Lipinski definition) is 1. The minimum absolute atomic E-state index is 0.0190. The molecule has 0 spiro atoms. The molecule has 0 saturated heterocycles. The predicted molar refractivity (Wildman–Crippen MR) is 146 cm³/mol. The average molecular weight is 558 g/mol. The molecule has 1 atom stereocenters. The molecule has 3 rings (SSSR count). The van der Waals surface area contributed by atoms with Gasteiger partial charge in [-0.25, -0.2) is 12.8 Å². The maximum absolute atomic E-state index is 13.8. The molecule has 39 heavy (non-hydrogen) atoms. The lowest BCUT2D eigenvalue weighted by Crippen LogP contribution is -2.51. The molecular formula is C28H32FN3O6S. The molecule has 0 heterocycles. The smallest absolute Gasteiger partial charge is 0.264 e. The zero-order valence-electron chi connectivity index (χ0n) is 22.3. The van der Waals surface area contributed by atoms with Crippen LogP contribution in [0.1, 0.15) is 19.4 Å². The molecule has 0 aliphatic rings. The normalized spacial score (nSPS) is 11.8. The summed E-state index contributed by atoms with van der Waals surface area (Å²) in [6.07, 6.45) is 0. The summed E-state index contributed by atoms with van der Waals surface area (Å²) in [5.74, 6) is -0.826. The van der Waals surface area contributed by atoms with Crippen LogP contribution < -0.4 is 19.1 Å². The van der Waals surface area contributed by atoms with E-state index < -0.39 is 40.2 Å². The quantitative estimate of drug-likeness (QED) is 0.365. The molecule has 0 fully saturated rings. The number of carbonyl (C=O) groups is 2. The van der Waals surface area contributed by atoms with Gasteiger partial charge in [0.25, 0.3) is 10.0 Å². The summed E-state index contributed by atoms with van der Waals surface area (Å²) in [5.41, 5.74) is 0.738. The van der Waals surface area contributed by atoms with Gasteiger partial charge in [-0.2, -0.15) is 0 Å². The van der Waals surface area contributed by atoms with Crippen molar-refractivity contribution in [2.24, 2.45) is 0 Å². The molecule has 3 aromatic rings. The molecule has 208 valence electrons. The van der Waals surface area contributed by atoms with Gasteiger partial charge in [-0.1, -0.05) is 30.3 Å². The summed E-state index contributed by atoms with van der Waals surface area (Å²) >= 11 is 0. The Kier molecular flexibility index (Phi) is 9.89. The molecule has 1 unspecified atom stereocenters. The highest BCUT2D eigenvalue weighted by Crippen LogP contribution is 2.34. The number of ether oxygens (including phenoxy) is 2. The van der Waals surface area contributed by atoms with E-state index in [1.165, 1.54) is 67.7 Å². The molecule has 0 aliphatic carbocycles. The van der Waals surface area contributed by atoms with Crippen LogP contribution in [0.3, 0.4) is 0 Å². The van der Waals surface area contributed by atoms with E-state index in [0.717, 1.165) is 4.31 Å². The van der Waals surface area contributed by atoms with Gasteiger partial charge in [0.15, 0.2) is 11.5 Å². The number of methoxy groups -OCH3 is 2. The lowest BCUT2D eigenvalue weighted by molar-refractivity contribution is -0.139. The molecule has 11 heteroatoms. The van der Waals surface area contributed by atoms with Crippen molar-refractivity contribution in [3.63, 3.8) is 0 Å². The van der Waals surface area contributed by atoms with E-state index in [0.29, 0.717) is 17.9 Å². The first kappa shape index (κ1) is 29.4. The third kappa shape index (κ3) is 7.05. The van der Waals surface area contributed by atoms with E-state index >= 15 is 0 Å². The van der Waals surface area contributed by atoms with Crippen LogP contribution in [0.5, 0.6) is 11.5 Å². The Bertz CT molecular complexity index is 1380. The number of likely N-dealkylation sites (N-methyl/N-ethyl adjacent to an activating group) is 1. The molecule has 0 radical (unpaired) electrons. The molecule has 9 nitrogen and oxygen atoms in total. The molecule has 3 aromatic carbocycles. The number of carbonyl (C=O) groups excluding carboxylic acids is 2. The van der Waals surface area contributed by atoms with E-state index in [2.05, 4.69) is 5.32 Å². The van der Waals surface area contributed by atoms with Crippen molar-refractivity contribution in [3.8, 4) is 11.5 Å².